The molecule has 20 heavy (non-hydrogen) atoms. The van der Waals surface area contributed by atoms with Crippen LogP contribution in [-0.2, 0) is 0 Å². The molecule has 0 amide bonds. The molecule has 2 rings (SSSR count). The number of anilines is 2. The van der Waals surface area contributed by atoms with E-state index < -0.39 is 0 Å². The Morgan fingerprint density at radius 2 is 1.75 bits per heavy atom. The van der Waals surface area contributed by atoms with E-state index in [2.05, 4.69) is 42.7 Å². The Bertz CT molecular complexity index is 567. The number of methoxy groups -OCH3 is 1. The highest BCUT2D eigenvalue weighted by atomic mass is 16.5. The Hall–Kier alpha value is -2.16. The summed E-state index contributed by atoms with van der Waals surface area (Å²) >= 11 is 0. The molecule has 0 bridgehead atoms. The molecule has 3 heteroatoms. The molecule has 0 heterocycles. The van der Waals surface area contributed by atoms with Gasteiger partial charge < -0.3 is 15.4 Å². The number of nitrogens with one attached hydrogen (secondary N) is 2. The van der Waals surface area contributed by atoms with Crippen molar-refractivity contribution in [2.45, 2.75) is 13.8 Å². The zero-order valence-electron chi connectivity index (χ0n) is 12.4. The molecule has 2 aromatic carbocycles. The molecular weight excluding hydrogens is 248 g/mol. The van der Waals surface area contributed by atoms with Gasteiger partial charge in [0.25, 0.3) is 0 Å². The van der Waals surface area contributed by atoms with Crippen LogP contribution in [-0.4, -0.2) is 20.2 Å². The normalized spacial score (nSPS) is 10.2. The Morgan fingerprint density at radius 3 is 2.55 bits per heavy atom. The van der Waals surface area contributed by atoms with Gasteiger partial charge in [0.05, 0.1) is 7.11 Å². The lowest BCUT2D eigenvalue weighted by Gasteiger charge is -2.12. The second-order valence-corrected chi connectivity index (χ2v) is 4.90. The molecule has 0 spiro atoms. The van der Waals surface area contributed by atoms with Gasteiger partial charge in [-0.15, -0.1) is 0 Å². The lowest BCUT2D eigenvalue weighted by atomic mass is 10.1. The SMILES string of the molecule is COc1cccc(NCCNc2cc(C)ccc2C)c1. The lowest BCUT2D eigenvalue weighted by Crippen LogP contribution is -2.14. The van der Waals surface area contributed by atoms with Gasteiger partial charge in [0, 0.05) is 30.5 Å². The monoisotopic (exact) mass is 270 g/mol. The zero-order chi connectivity index (χ0) is 14.4. The van der Waals surface area contributed by atoms with Crippen LogP contribution in [0.2, 0.25) is 0 Å². The third kappa shape index (κ3) is 3.92. The lowest BCUT2D eigenvalue weighted by molar-refractivity contribution is 0.415. The minimum Gasteiger partial charge on any atom is -0.497 e. The van der Waals surface area contributed by atoms with E-state index >= 15 is 0 Å². The summed E-state index contributed by atoms with van der Waals surface area (Å²) in [6, 6.07) is 14.4. The van der Waals surface area contributed by atoms with Gasteiger partial charge in [-0.25, -0.2) is 0 Å². The van der Waals surface area contributed by atoms with Gasteiger partial charge in [-0.1, -0.05) is 18.2 Å². The fourth-order valence-electron chi connectivity index (χ4n) is 2.06. The maximum atomic E-state index is 5.20. The summed E-state index contributed by atoms with van der Waals surface area (Å²) in [5.41, 5.74) is 4.83. The van der Waals surface area contributed by atoms with Crippen LogP contribution in [0, 0.1) is 13.8 Å². The molecule has 0 aliphatic carbocycles. The van der Waals surface area contributed by atoms with Crippen molar-refractivity contribution in [1.29, 1.82) is 0 Å². The second kappa shape index (κ2) is 6.85. The van der Waals surface area contributed by atoms with Crippen LogP contribution in [0.4, 0.5) is 11.4 Å². The number of rotatable bonds is 6. The van der Waals surface area contributed by atoms with E-state index in [1.807, 2.05) is 24.3 Å². The summed E-state index contributed by atoms with van der Waals surface area (Å²) in [6.07, 6.45) is 0. The summed E-state index contributed by atoms with van der Waals surface area (Å²) in [5, 5.41) is 6.84. The molecular formula is C17H22N2O. The Balaban J connectivity index is 1.82. The van der Waals surface area contributed by atoms with E-state index in [-0.39, 0.29) is 0 Å². The van der Waals surface area contributed by atoms with Gasteiger partial charge in [-0.2, -0.15) is 0 Å². The van der Waals surface area contributed by atoms with Crippen LogP contribution in [0.15, 0.2) is 42.5 Å². The number of benzene rings is 2. The maximum absolute atomic E-state index is 5.20. The first-order chi connectivity index (χ1) is 9.69. The number of hydrogen-bond acceptors (Lipinski definition) is 3. The van der Waals surface area contributed by atoms with E-state index in [0.717, 1.165) is 24.5 Å². The van der Waals surface area contributed by atoms with Crippen LogP contribution in [0.3, 0.4) is 0 Å². The highest BCUT2D eigenvalue weighted by Crippen LogP contribution is 2.17. The standard InChI is InChI=1S/C17H22N2O/c1-13-7-8-14(2)17(11-13)19-10-9-18-15-5-4-6-16(12-15)20-3/h4-8,11-12,18-19H,9-10H2,1-3H3. The topological polar surface area (TPSA) is 33.3 Å². The fraction of sp³-hybridized carbons (Fsp3) is 0.294. The fourth-order valence-corrected chi connectivity index (χ4v) is 2.06. The minimum atomic E-state index is 0.862. The summed E-state index contributed by atoms with van der Waals surface area (Å²) < 4.78 is 5.20. The summed E-state index contributed by atoms with van der Waals surface area (Å²) in [4.78, 5) is 0. The van der Waals surface area contributed by atoms with Crippen molar-refractivity contribution in [3.8, 4) is 5.75 Å². The van der Waals surface area contributed by atoms with Crippen LogP contribution in [0.5, 0.6) is 5.75 Å². The molecule has 2 N–H and O–H groups in total. The van der Waals surface area contributed by atoms with Crippen molar-refractivity contribution in [2.75, 3.05) is 30.8 Å². The van der Waals surface area contributed by atoms with E-state index in [9.17, 15) is 0 Å². The molecule has 0 radical (unpaired) electrons. The van der Waals surface area contributed by atoms with Crippen LogP contribution < -0.4 is 15.4 Å². The maximum Gasteiger partial charge on any atom is 0.120 e. The Morgan fingerprint density at radius 1 is 0.950 bits per heavy atom. The molecule has 2 aromatic rings. The van der Waals surface area contributed by atoms with Crippen LogP contribution >= 0.6 is 0 Å². The minimum absolute atomic E-state index is 0.862. The van der Waals surface area contributed by atoms with E-state index in [1.54, 1.807) is 7.11 Å². The molecule has 0 unspecified atom stereocenters. The first-order valence-electron chi connectivity index (χ1n) is 6.88. The number of ether oxygens (including phenoxy) is 1. The van der Waals surface area contributed by atoms with Crippen LogP contribution in [0.1, 0.15) is 11.1 Å². The summed E-state index contributed by atoms with van der Waals surface area (Å²) in [6.45, 7) is 5.97. The first kappa shape index (κ1) is 14.3. The largest absolute Gasteiger partial charge is 0.497 e. The van der Waals surface area contributed by atoms with Gasteiger partial charge in [-0.05, 0) is 43.2 Å². The number of hydrogen-bond donors (Lipinski definition) is 2. The Labute approximate surface area is 121 Å². The third-order valence-corrected chi connectivity index (χ3v) is 3.23. The van der Waals surface area contributed by atoms with Crippen molar-refractivity contribution in [3.63, 3.8) is 0 Å². The van der Waals surface area contributed by atoms with E-state index in [0.29, 0.717) is 0 Å². The molecule has 0 aliphatic rings. The van der Waals surface area contributed by atoms with E-state index in [1.165, 1.54) is 16.8 Å². The molecule has 0 saturated carbocycles. The summed E-state index contributed by atoms with van der Waals surface area (Å²) in [5.74, 6) is 0.873. The van der Waals surface area contributed by atoms with Crippen LogP contribution in [0.25, 0.3) is 0 Å². The third-order valence-electron chi connectivity index (χ3n) is 3.23. The van der Waals surface area contributed by atoms with E-state index in [4.69, 9.17) is 4.74 Å². The highest BCUT2D eigenvalue weighted by Gasteiger charge is 1.98. The highest BCUT2D eigenvalue weighted by molar-refractivity contribution is 5.53. The average molecular weight is 270 g/mol. The molecule has 0 aromatic heterocycles. The summed E-state index contributed by atoms with van der Waals surface area (Å²) in [7, 11) is 1.68. The molecule has 106 valence electrons. The number of aryl methyl sites for hydroxylation is 2. The van der Waals surface area contributed by atoms with Crippen molar-refractivity contribution in [1.82, 2.24) is 0 Å². The zero-order valence-corrected chi connectivity index (χ0v) is 12.4. The van der Waals surface area contributed by atoms with Crippen molar-refractivity contribution in [3.05, 3.63) is 53.6 Å². The van der Waals surface area contributed by atoms with Crippen molar-refractivity contribution >= 4 is 11.4 Å². The quantitative estimate of drug-likeness (QED) is 0.783. The Kier molecular flexibility index (Phi) is 4.88. The first-order valence-corrected chi connectivity index (χ1v) is 6.88. The average Bonchev–Trinajstić information content (AvgIpc) is 2.47. The van der Waals surface area contributed by atoms with Crippen molar-refractivity contribution in [2.24, 2.45) is 0 Å². The van der Waals surface area contributed by atoms with Gasteiger partial charge >= 0.3 is 0 Å². The predicted molar refractivity (Wildman–Crippen MR) is 85.9 cm³/mol. The molecule has 0 atom stereocenters. The van der Waals surface area contributed by atoms with Gasteiger partial charge in [0.15, 0.2) is 0 Å². The molecule has 3 nitrogen and oxygen atoms in total. The molecule has 0 aliphatic heterocycles. The second-order valence-electron chi connectivity index (χ2n) is 4.90. The smallest absolute Gasteiger partial charge is 0.120 e. The molecule has 0 saturated heterocycles. The van der Waals surface area contributed by atoms with Gasteiger partial charge in [-0.3, -0.25) is 0 Å². The van der Waals surface area contributed by atoms with Gasteiger partial charge in [0.2, 0.25) is 0 Å². The van der Waals surface area contributed by atoms with Crippen molar-refractivity contribution < 1.29 is 4.74 Å². The van der Waals surface area contributed by atoms with Gasteiger partial charge in [0.1, 0.15) is 5.75 Å². The molecule has 0 fully saturated rings. The predicted octanol–water partition coefficient (Wildman–Crippen LogP) is 3.84.